The van der Waals surface area contributed by atoms with E-state index in [1.54, 1.807) is 11.0 Å². The first kappa shape index (κ1) is 36.3. The second kappa shape index (κ2) is 20.2. The molecule has 1 aliphatic heterocycles. The van der Waals surface area contributed by atoms with E-state index in [4.69, 9.17) is 16.6 Å². The molecule has 2 aromatic rings. The number of nitrogens with two attached hydrogens (primary N) is 2. The van der Waals surface area contributed by atoms with E-state index in [0.717, 1.165) is 17.2 Å². The summed E-state index contributed by atoms with van der Waals surface area (Å²) in [5.41, 5.74) is 11.2. The van der Waals surface area contributed by atoms with Crippen LogP contribution in [-0.2, 0) is 14.4 Å². The lowest BCUT2D eigenvalue weighted by atomic mass is 10.1. The van der Waals surface area contributed by atoms with Gasteiger partial charge in [0.2, 0.25) is 18.2 Å². The van der Waals surface area contributed by atoms with Gasteiger partial charge >= 0.3 is 0 Å². The molecule has 1 heterocycles. The van der Waals surface area contributed by atoms with Gasteiger partial charge in [-0.15, -0.1) is 6.58 Å². The van der Waals surface area contributed by atoms with Crippen molar-refractivity contribution < 1.29 is 24.3 Å². The summed E-state index contributed by atoms with van der Waals surface area (Å²) in [6.07, 6.45) is 8.63. The fourth-order valence-corrected chi connectivity index (χ4v) is 4.54. The molecule has 0 aromatic heterocycles. The van der Waals surface area contributed by atoms with Crippen molar-refractivity contribution in [2.45, 2.75) is 89.9 Å². The fraction of sp³-hybridized carbons (Fsp3) is 0.500. The summed E-state index contributed by atoms with van der Waals surface area (Å²) in [5.74, 6) is -1.18. The number of aliphatic hydroxyl groups excluding tert-OH is 1. The third kappa shape index (κ3) is 12.8. The second-order valence-electron chi connectivity index (χ2n) is 10.5. The summed E-state index contributed by atoms with van der Waals surface area (Å²) in [4.78, 5) is 46.7. The van der Waals surface area contributed by atoms with Crippen LogP contribution in [0, 0.1) is 0 Å². The van der Waals surface area contributed by atoms with E-state index in [1.165, 1.54) is 38.2 Å². The van der Waals surface area contributed by atoms with E-state index >= 15 is 0 Å². The van der Waals surface area contributed by atoms with Gasteiger partial charge in [-0.25, -0.2) is 0 Å². The zero-order chi connectivity index (χ0) is 31.5. The van der Waals surface area contributed by atoms with Crippen LogP contribution >= 0.6 is 0 Å². The summed E-state index contributed by atoms with van der Waals surface area (Å²) < 4.78 is 0. The molecule has 4 amide bonds. The van der Waals surface area contributed by atoms with Crippen LogP contribution in [0.1, 0.15) is 76.1 Å². The van der Waals surface area contributed by atoms with Crippen molar-refractivity contribution in [1.82, 2.24) is 15.5 Å². The minimum Gasteiger partial charge on any atom is -0.381 e. The molecule has 4 atom stereocenters. The van der Waals surface area contributed by atoms with Crippen molar-refractivity contribution in [3.8, 4) is 0 Å². The Morgan fingerprint density at radius 2 is 1.74 bits per heavy atom. The molecule has 0 saturated carbocycles. The molecular formula is C32H49N5O5. The Kier molecular flexibility index (Phi) is 17.4. The zero-order valence-corrected chi connectivity index (χ0v) is 25.3. The van der Waals surface area contributed by atoms with Crippen molar-refractivity contribution in [2.75, 3.05) is 13.1 Å². The van der Waals surface area contributed by atoms with Crippen LogP contribution in [0.2, 0.25) is 0 Å². The highest BCUT2D eigenvalue weighted by atomic mass is 16.3. The summed E-state index contributed by atoms with van der Waals surface area (Å²) >= 11 is 0. The van der Waals surface area contributed by atoms with Gasteiger partial charge in [0, 0.05) is 24.2 Å². The molecule has 0 radical (unpaired) electrons. The Labute approximate surface area is 249 Å². The largest absolute Gasteiger partial charge is 0.381 e. The minimum atomic E-state index is -1.37. The number of hydrogen-bond acceptors (Lipinski definition) is 6. The van der Waals surface area contributed by atoms with Crippen LogP contribution in [0.25, 0.3) is 10.8 Å². The molecule has 7 N–H and O–H groups in total. The van der Waals surface area contributed by atoms with Gasteiger partial charge in [0.25, 0.3) is 5.91 Å². The quantitative estimate of drug-likeness (QED) is 0.138. The number of rotatable bonds is 13. The van der Waals surface area contributed by atoms with Crippen LogP contribution < -0.4 is 22.1 Å². The zero-order valence-electron chi connectivity index (χ0n) is 25.3. The number of amides is 4. The van der Waals surface area contributed by atoms with Crippen molar-refractivity contribution >= 4 is 34.9 Å². The predicted octanol–water partition coefficient (Wildman–Crippen LogP) is 3.02. The molecular weight excluding hydrogens is 534 g/mol. The van der Waals surface area contributed by atoms with Gasteiger partial charge in [-0.1, -0.05) is 82.4 Å². The number of nitrogens with one attached hydrogen (secondary N) is 2. The van der Waals surface area contributed by atoms with Gasteiger partial charge in [0.1, 0.15) is 0 Å². The number of fused-ring (bicyclic) bond motifs is 1. The molecule has 0 spiro atoms. The fourth-order valence-electron chi connectivity index (χ4n) is 4.54. The number of benzene rings is 2. The van der Waals surface area contributed by atoms with Crippen molar-refractivity contribution in [2.24, 2.45) is 11.5 Å². The van der Waals surface area contributed by atoms with Crippen molar-refractivity contribution in [1.29, 1.82) is 0 Å². The van der Waals surface area contributed by atoms with Crippen LogP contribution in [0.5, 0.6) is 0 Å². The van der Waals surface area contributed by atoms with Crippen LogP contribution in [-0.4, -0.2) is 71.5 Å². The lowest BCUT2D eigenvalue weighted by Crippen LogP contribution is -2.46. The first-order chi connectivity index (χ1) is 20.1. The maximum atomic E-state index is 12.2. The summed E-state index contributed by atoms with van der Waals surface area (Å²) in [6.45, 7) is 10.4. The molecule has 3 rings (SSSR count). The van der Waals surface area contributed by atoms with Gasteiger partial charge in [0.05, 0.1) is 12.6 Å². The normalized spacial score (nSPS) is 17.0. The summed E-state index contributed by atoms with van der Waals surface area (Å²) in [7, 11) is 0. The molecule has 1 aliphatic rings. The highest BCUT2D eigenvalue weighted by Gasteiger charge is 2.30. The maximum Gasteiger partial charge on any atom is 0.251 e. The number of nitrogens with zero attached hydrogens (tertiary/aromatic N) is 1. The Morgan fingerprint density at radius 3 is 2.26 bits per heavy atom. The number of carbonyl (C=O) groups is 4. The van der Waals surface area contributed by atoms with Crippen LogP contribution in [0.3, 0.4) is 0 Å². The number of primary amides is 1. The maximum absolute atomic E-state index is 12.2. The second-order valence-corrected chi connectivity index (χ2v) is 10.5. The van der Waals surface area contributed by atoms with Crippen molar-refractivity contribution in [3.63, 3.8) is 0 Å². The van der Waals surface area contributed by atoms with E-state index in [0.29, 0.717) is 24.9 Å². The number of hydrogen-bond donors (Lipinski definition) is 5. The van der Waals surface area contributed by atoms with Gasteiger partial charge in [-0.2, -0.15) is 0 Å². The van der Waals surface area contributed by atoms with Gasteiger partial charge < -0.3 is 32.1 Å². The van der Waals surface area contributed by atoms with E-state index in [-0.39, 0.29) is 30.4 Å². The lowest BCUT2D eigenvalue weighted by molar-refractivity contribution is -0.130. The molecule has 1 saturated heterocycles. The number of carbonyl (C=O) groups excluding carboxylic acids is 4. The van der Waals surface area contributed by atoms with E-state index in [1.807, 2.05) is 43.3 Å². The highest BCUT2D eigenvalue weighted by molar-refractivity contribution is 6.00. The molecule has 2 aromatic carbocycles. The van der Waals surface area contributed by atoms with E-state index in [9.17, 15) is 19.2 Å². The Balaban J connectivity index is 0.000000389. The summed E-state index contributed by atoms with van der Waals surface area (Å²) in [6, 6.07) is 12.9. The minimum absolute atomic E-state index is 0.00270. The van der Waals surface area contributed by atoms with Crippen molar-refractivity contribution in [3.05, 3.63) is 60.7 Å². The van der Waals surface area contributed by atoms with Crippen LogP contribution in [0.4, 0.5) is 0 Å². The lowest BCUT2D eigenvalue weighted by Gasteiger charge is -2.21. The molecule has 10 heteroatoms. The average molecular weight is 584 g/mol. The number of unbranched alkanes of at least 4 members (excludes halogenated alkanes) is 4. The third-order valence-electron chi connectivity index (χ3n) is 6.92. The molecule has 232 valence electrons. The molecule has 0 aliphatic carbocycles. The first-order valence-electron chi connectivity index (χ1n) is 14.7. The monoisotopic (exact) mass is 583 g/mol. The molecule has 1 fully saturated rings. The van der Waals surface area contributed by atoms with Gasteiger partial charge in [0.15, 0.2) is 6.10 Å². The van der Waals surface area contributed by atoms with E-state index < -0.39 is 18.1 Å². The Morgan fingerprint density at radius 1 is 1.10 bits per heavy atom. The summed E-state index contributed by atoms with van der Waals surface area (Å²) in [5, 5.41) is 16.2. The molecule has 10 nitrogen and oxygen atoms in total. The average Bonchev–Trinajstić information content (AvgIpc) is 3.33. The standard InChI is InChI=1S/C18H21N3O2.C7H12N2O3.C7H16/c1-12-8-16(19)11-21(12)17(22)10-20-18(23)15-7-6-13-4-2-3-5-14(13)9-15;1-2-3-5(9-4-10)6(11)7(8)12;1-3-5-7-6-4-2/h2-7,9,12,16H,8,10-11,19H2,1H3,(H,20,23);2,4-6,11H,1,3H2,(H2,8,12)(H,9,10);3-7H2,1-2H3. The molecule has 42 heavy (non-hydrogen) atoms. The Bertz CT molecular complexity index is 1130. The topological polar surface area (TPSA) is 168 Å². The molecule has 0 bridgehead atoms. The van der Waals surface area contributed by atoms with Crippen LogP contribution in [0.15, 0.2) is 55.1 Å². The predicted molar refractivity (Wildman–Crippen MR) is 167 cm³/mol. The number of aliphatic hydroxyl groups is 1. The third-order valence-corrected chi connectivity index (χ3v) is 6.92. The number of likely N-dealkylation sites (tertiary alicyclic amines) is 1. The SMILES string of the molecule is C=CCC(NC=O)C(O)C(N)=O.CC1CC(N)CN1C(=O)CNC(=O)c1ccc2ccccc2c1.CCCCCCC. The molecule has 4 unspecified atom stereocenters. The highest BCUT2D eigenvalue weighted by Crippen LogP contribution is 2.17. The van der Waals surface area contributed by atoms with E-state index in [2.05, 4.69) is 31.1 Å². The first-order valence-corrected chi connectivity index (χ1v) is 14.7. The van der Waals surface area contributed by atoms with Gasteiger partial charge in [-0.3, -0.25) is 19.2 Å². The Hall–Kier alpha value is -3.76. The van der Waals surface area contributed by atoms with Gasteiger partial charge in [-0.05, 0) is 42.7 Å². The smallest absolute Gasteiger partial charge is 0.251 e.